The number of non-ortho nitro benzene ring substituents is 1. The standard InChI is InChI=1S/C17H20N4O4S/c1-12(2)6-8-20(11-15(22)19-17-18-7-9-26-17)16(23)13-4-3-5-14(10-13)21(24)25/h3-5,7,9-10,12H,6,8,11H2,1-2H3,(H,18,19,22). The fraction of sp³-hybridized carbons (Fsp3) is 0.353. The van der Waals surface area contributed by atoms with Crippen LogP contribution in [0.25, 0.3) is 0 Å². The molecule has 1 heterocycles. The molecular formula is C17H20N4O4S. The minimum atomic E-state index is -0.551. The third-order valence-corrected chi connectivity index (χ3v) is 4.27. The average Bonchev–Trinajstić information content (AvgIpc) is 3.10. The summed E-state index contributed by atoms with van der Waals surface area (Å²) in [7, 11) is 0. The molecule has 1 aromatic carbocycles. The number of carbonyl (C=O) groups is 2. The van der Waals surface area contributed by atoms with Crippen LogP contribution in [0.4, 0.5) is 10.8 Å². The first-order chi connectivity index (χ1) is 12.4. The molecule has 1 aromatic heterocycles. The lowest BCUT2D eigenvalue weighted by molar-refractivity contribution is -0.384. The highest BCUT2D eigenvalue weighted by molar-refractivity contribution is 7.13. The molecule has 2 aromatic rings. The molecule has 0 bridgehead atoms. The second-order valence-corrected chi connectivity index (χ2v) is 7.00. The zero-order valence-corrected chi connectivity index (χ0v) is 15.4. The number of rotatable bonds is 8. The van der Waals surface area contributed by atoms with Gasteiger partial charge in [-0.3, -0.25) is 19.7 Å². The van der Waals surface area contributed by atoms with Gasteiger partial charge in [0.25, 0.3) is 11.6 Å². The van der Waals surface area contributed by atoms with Gasteiger partial charge in [0, 0.05) is 35.8 Å². The zero-order valence-electron chi connectivity index (χ0n) is 14.5. The van der Waals surface area contributed by atoms with E-state index in [0.29, 0.717) is 24.0 Å². The van der Waals surface area contributed by atoms with Gasteiger partial charge in [-0.05, 0) is 18.4 Å². The van der Waals surface area contributed by atoms with Gasteiger partial charge in [-0.25, -0.2) is 4.98 Å². The predicted octanol–water partition coefficient (Wildman–Crippen LogP) is 3.18. The van der Waals surface area contributed by atoms with E-state index in [1.165, 1.54) is 40.5 Å². The number of nitro benzene ring substituents is 1. The Balaban J connectivity index is 2.14. The Kier molecular flexibility index (Phi) is 6.79. The van der Waals surface area contributed by atoms with Crippen LogP contribution in [0.2, 0.25) is 0 Å². The van der Waals surface area contributed by atoms with Crippen molar-refractivity contribution in [2.24, 2.45) is 5.92 Å². The van der Waals surface area contributed by atoms with Crippen LogP contribution in [-0.4, -0.2) is 39.7 Å². The van der Waals surface area contributed by atoms with Crippen molar-refractivity contribution >= 4 is 34.0 Å². The van der Waals surface area contributed by atoms with Crippen LogP contribution in [0.5, 0.6) is 0 Å². The Labute approximate surface area is 155 Å². The molecular weight excluding hydrogens is 356 g/mol. The smallest absolute Gasteiger partial charge is 0.270 e. The molecule has 0 unspecified atom stereocenters. The van der Waals surface area contributed by atoms with E-state index in [2.05, 4.69) is 10.3 Å². The van der Waals surface area contributed by atoms with Crippen LogP contribution >= 0.6 is 11.3 Å². The topological polar surface area (TPSA) is 105 Å². The summed E-state index contributed by atoms with van der Waals surface area (Å²) in [5.41, 5.74) is 0.0249. The summed E-state index contributed by atoms with van der Waals surface area (Å²) in [5, 5.41) is 15.8. The average molecular weight is 376 g/mol. The van der Waals surface area contributed by atoms with Crippen LogP contribution in [0.15, 0.2) is 35.8 Å². The number of thiazole rings is 1. The van der Waals surface area contributed by atoms with Crippen molar-refractivity contribution in [2.45, 2.75) is 20.3 Å². The minimum Gasteiger partial charge on any atom is -0.329 e. The van der Waals surface area contributed by atoms with Gasteiger partial charge < -0.3 is 10.2 Å². The number of amides is 2. The second kappa shape index (κ2) is 9.04. The lowest BCUT2D eigenvalue weighted by Crippen LogP contribution is -2.39. The van der Waals surface area contributed by atoms with Crippen molar-refractivity contribution in [2.75, 3.05) is 18.4 Å². The van der Waals surface area contributed by atoms with E-state index in [-0.39, 0.29) is 23.7 Å². The number of carbonyl (C=O) groups excluding carboxylic acids is 2. The van der Waals surface area contributed by atoms with Gasteiger partial charge in [-0.15, -0.1) is 11.3 Å². The summed E-state index contributed by atoms with van der Waals surface area (Å²) >= 11 is 1.29. The van der Waals surface area contributed by atoms with E-state index in [0.717, 1.165) is 0 Å². The highest BCUT2D eigenvalue weighted by Gasteiger charge is 2.21. The van der Waals surface area contributed by atoms with Gasteiger partial charge in [0.15, 0.2) is 5.13 Å². The first kappa shape index (κ1) is 19.5. The van der Waals surface area contributed by atoms with Crippen molar-refractivity contribution < 1.29 is 14.5 Å². The minimum absolute atomic E-state index is 0.145. The fourth-order valence-corrected chi connectivity index (χ4v) is 2.76. The maximum absolute atomic E-state index is 12.8. The van der Waals surface area contributed by atoms with Crippen LogP contribution in [0.3, 0.4) is 0 Å². The Bertz CT molecular complexity index is 777. The zero-order chi connectivity index (χ0) is 19.1. The SMILES string of the molecule is CC(C)CCN(CC(=O)Nc1nccs1)C(=O)c1cccc([N+](=O)[O-])c1. The lowest BCUT2D eigenvalue weighted by Gasteiger charge is -2.23. The number of nitro groups is 1. The van der Waals surface area contributed by atoms with E-state index >= 15 is 0 Å². The van der Waals surface area contributed by atoms with Crippen LogP contribution in [0, 0.1) is 16.0 Å². The van der Waals surface area contributed by atoms with E-state index in [1.54, 1.807) is 11.6 Å². The molecule has 0 aliphatic rings. The number of aromatic nitrogens is 1. The molecule has 2 rings (SSSR count). The summed E-state index contributed by atoms with van der Waals surface area (Å²) in [5.74, 6) is -0.427. The van der Waals surface area contributed by atoms with E-state index in [9.17, 15) is 19.7 Å². The number of anilines is 1. The molecule has 0 saturated carbocycles. The molecule has 2 amide bonds. The third-order valence-electron chi connectivity index (χ3n) is 3.58. The molecule has 0 aliphatic heterocycles. The summed E-state index contributed by atoms with van der Waals surface area (Å²) < 4.78 is 0. The molecule has 0 fully saturated rings. The van der Waals surface area contributed by atoms with Gasteiger partial charge in [0.2, 0.25) is 5.91 Å². The maximum atomic E-state index is 12.8. The first-order valence-electron chi connectivity index (χ1n) is 8.10. The Morgan fingerprint density at radius 3 is 2.77 bits per heavy atom. The molecule has 9 heteroatoms. The third kappa shape index (κ3) is 5.62. The van der Waals surface area contributed by atoms with Gasteiger partial charge in [-0.2, -0.15) is 0 Å². The van der Waals surface area contributed by atoms with Crippen LogP contribution in [-0.2, 0) is 4.79 Å². The molecule has 0 spiro atoms. The van der Waals surface area contributed by atoms with Gasteiger partial charge in [0.1, 0.15) is 6.54 Å². The Morgan fingerprint density at radius 1 is 1.38 bits per heavy atom. The fourth-order valence-electron chi connectivity index (χ4n) is 2.22. The Morgan fingerprint density at radius 2 is 2.15 bits per heavy atom. The molecule has 0 aliphatic carbocycles. The van der Waals surface area contributed by atoms with Crippen LogP contribution < -0.4 is 5.32 Å². The molecule has 1 N–H and O–H groups in total. The van der Waals surface area contributed by atoms with E-state index in [4.69, 9.17) is 0 Å². The van der Waals surface area contributed by atoms with Crippen LogP contribution in [0.1, 0.15) is 30.6 Å². The number of hydrogen-bond acceptors (Lipinski definition) is 6. The van der Waals surface area contributed by atoms with E-state index < -0.39 is 10.8 Å². The molecule has 0 atom stereocenters. The normalized spacial score (nSPS) is 10.6. The molecule has 0 saturated heterocycles. The predicted molar refractivity (Wildman–Crippen MR) is 99.2 cm³/mol. The van der Waals surface area contributed by atoms with Crippen molar-refractivity contribution in [3.63, 3.8) is 0 Å². The number of nitrogens with zero attached hydrogens (tertiary/aromatic N) is 3. The van der Waals surface area contributed by atoms with Crippen molar-refractivity contribution in [3.8, 4) is 0 Å². The number of hydrogen-bond donors (Lipinski definition) is 1. The van der Waals surface area contributed by atoms with E-state index in [1.807, 2.05) is 13.8 Å². The molecule has 8 nitrogen and oxygen atoms in total. The van der Waals surface area contributed by atoms with Crippen molar-refractivity contribution in [1.29, 1.82) is 0 Å². The molecule has 26 heavy (non-hydrogen) atoms. The summed E-state index contributed by atoms with van der Waals surface area (Å²) in [6, 6.07) is 5.52. The van der Waals surface area contributed by atoms with Gasteiger partial charge >= 0.3 is 0 Å². The largest absolute Gasteiger partial charge is 0.329 e. The Hall–Kier alpha value is -2.81. The van der Waals surface area contributed by atoms with Crippen molar-refractivity contribution in [3.05, 3.63) is 51.5 Å². The second-order valence-electron chi connectivity index (χ2n) is 6.10. The lowest BCUT2D eigenvalue weighted by atomic mass is 10.1. The summed E-state index contributed by atoms with van der Waals surface area (Å²) in [6.45, 7) is 4.27. The number of benzene rings is 1. The highest BCUT2D eigenvalue weighted by Crippen LogP contribution is 2.16. The van der Waals surface area contributed by atoms with Gasteiger partial charge in [-0.1, -0.05) is 19.9 Å². The summed E-state index contributed by atoms with van der Waals surface area (Å²) in [6.07, 6.45) is 2.29. The monoisotopic (exact) mass is 376 g/mol. The first-order valence-corrected chi connectivity index (χ1v) is 8.98. The van der Waals surface area contributed by atoms with Gasteiger partial charge in [0.05, 0.1) is 4.92 Å². The van der Waals surface area contributed by atoms with Crippen molar-refractivity contribution in [1.82, 2.24) is 9.88 Å². The molecule has 138 valence electrons. The quantitative estimate of drug-likeness (QED) is 0.563. The maximum Gasteiger partial charge on any atom is 0.270 e. The highest BCUT2D eigenvalue weighted by atomic mass is 32.1. The number of nitrogens with one attached hydrogen (secondary N) is 1. The molecule has 0 radical (unpaired) electrons. The summed E-state index contributed by atoms with van der Waals surface area (Å²) in [4.78, 5) is 40.8.